The fourth-order valence-electron chi connectivity index (χ4n) is 1.12. The van der Waals surface area contributed by atoms with Crippen LogP contribution in [0.1, 0.15) is 5.56 Å². The molecule has 1 rings (SSSR count). The van der Waals surface area contributed by atoms with Crippen LogP contribution in [0.15, 0.2) is 30.3 Å². The first-order chi connectivity index (χ1) is 7.56. The van der Waals surface area contributed by atoms with Crippen LogP contribution in [-0.4, -0.2) is 24.0 Å². The van der Waals surface area contributed by atoms with Crippen molar-refractivity contribution in [1.82, 2.24) is 0 Å². The first-order valence-electron chi connectivity index (χ1n) is 4.37. The SMILES string of the molecule is COc1ccccc1/C(S)=C\C(=O)C(=O)O. The lowest BCUT2D eigenvalue weighted by Crippen LogP contribution is -2.09. The Labute approximate surface area is 98.0 Å². The summed E-state index contributed by atoms with van der Waals surface area (Å²) in [5, 5.41) is 8.44. The van der Waals surface area contributed by atoms with Crippen molar-refractivity contribution in [3.8, 4) is 5.75 Å². The molecular formula is C11H10O4S. The van der Waals surface area contributed by atoms with Gasteiger partial charge in [0.2, 0.25) is 0 Å². The van der Waals surface area contributed by atoms with Crippen LogP contribution >= 0.6 is 12.6 Å². The molecule has 5 heteroatoms. The number of carboxylic acids is 1. The largest absolute Gasteiger partial charge is 0.496 e. The smallest absolute Gasteiger partial charge is 0.376 e. The molecule has 0 heterocycles. The maximum absolute atomic E-state index is 11.0. The number of hydrogen-bond acceptors (Lipinski definition) is 4. The van der Waals surface area contributed by atoms with Gasteiger partial charge in [-0.1, -0.05) is 18.2 Å². The molecule has 1 aromatic rings. The number of ether oxygens (including phenoxy) is 1. The Kier molecular flexibility index (Phi) is 4.13. The van der Waals surface area contributed by atoms with Crippen molar-refractivity contribution < 1.29 is 19.4 Å². The lowest BCUT2D eigenvalue weighted by atomic mass is 10.1. The summed E-state index contributed by atoms with van der Waals surface area (Å²) in [6, 6.07) is 6.90. The average molecular weight is 238 g/mol. The lowest BCUT2D eigenvalue weighted by molar-refractivity contribution is -0.146. The predicted molar refractivity (Wildman–Crippen MR) is 62.6 cm³/mol. The van der Waals surface area contributed by atoms with Gasteiger partial charge in [0.05, 0.1) is 7.11 Å². The highest BCUT2D eigenvalue weighted by atomic mass is 32.1. The summed E-state index contributed by atoms with van der Waals surface area (Å²) in [5.41, 5.74) is 0.572. The number of methoxy groups -OCH3 is 1. The molecule has 0 saturated heterocycles. The zero-order valence-corrected chi connectivity index (χ0v) is 9.40. The number of hydrogen-bond donors (Lipinski definition) is 2. The van der Waals surface area contributed by atoms with Gasteiger partial charge in [-0.3, -0.25) is 4.79 Å². The predicted octanol–water partition coefficient (Wildman–Crippen LogP) is 1.62. The van der Waals surface area contributed by atoms with Crippen LogP contribution < -0.4 is 4.74 Å². The molecule has 0 atom stereocenters. The number of rotatable bonds is 4. The molecule has 0 aliphatic carbocycles. The molecule has 0 aliphatic heterocycles. The number of carboxylic acid groups (broad SMARTS) is 1. The molecule has 16 heavy (non-hydrogen) atoms. The summed E-state index contributed by atoms with van der Waals surface area (Å²) in [5.74, 6) is -2.00. The van der Waals surface area contributed by atoms with Crippen molar-refractivity contribution in [3.63, 3.8) is 0 Å². The van der Waals surface area contributed by atoms with Gasteiger partial charge in [-0.25, -0.2) is 4.79 Å². The second kappa shape index (κ2) is 5.37. The lowest BCUT2D eigenvalue weighted by Gasteiger charge is -2.06. The molecule has 4 nitrogen and oxygen atoms in total. The van der Waals surface area contributed by atoms with Gasteiger partial charge in [-0.15, -0.1) is 12.6 Å². The molecule has 0 bridgehead atoms. The monoisotopic (exact) mass is 238 g/mol. The number of benzene rings is 1. The first kappa shape index (κ1) is 12.3. The minimum Gasteiger partial charge on any atom is -0.496 e. The van der Waals surface area contributed by atoms with E-state index in [1.165, 1.54) is 7.11 Å². The van der Waals surface area contributed by atoms with E-state index in [0.717, 1.165) is 6.08 Å². The van der Waals surface area contributed by atoms with Gasteiger partial charge in [-0.2, -0.15) is 0 Å². The molecule has 0 unspecified atom stereocenters. The van der Waals surface area contributed by atoms with Crippen LogP contribution in [0, 0.1) is 0 Å². The Hall–Kier alpha value is -1.75. The number of para-hydroxylation sites is 1. The highest BCUT2D eigenvalue weighted by Crippen LogP contribution is 2.27. The Balaban J connectivity index is 3.09. The molecule has 0 fully saturated rings. The topological polar surface area (TPSA) is 63.6 Å². The third kappa shape index (κ3) is 2.87. The highest BCUT2D eigenvalue weighted by Gasteiger charge is 2.11. The minimum atomic E-state index is -1.51. The third-order valence-corrected chi connectivity index (χ3v) is 2.23. The second-order valence-electron chi connectivity index (χ2n) is 2.90. The van der Waals surface area contributed by atoms with E-state index in [2.05, 4.69) is 12.6 Å². The fraction of sp³-hybridized carbons (Fsp3) is 0.0909. The molecule has 0 aromatic heterocycles. The van der Waals surface area contributed by atoms with Gasteiger partial charge >= 0.3 is 5.97 Å². The van der Waals surface area contributed by atoms with E-state index < -0.39 is 11.8 Å². The zero-order valence-electron chi connectivity index (χ0n) is 8.51. The van der Waals surface area contributed by atoms with Crippen LogP contribution in [0.4, 0.5) is 0 Å². The van der Waals surface area contributed by atoms with Gasteiger partial charge in [0.15, 0.2) is 0 Å². The molecular weight excluding hydrogens is 228 g/mol. The van der Waals surface area contributed by atoms with E-state index in [4.69, 9.17) is 9.84 Å². The number of aliphatic carboxylic acids is 1. The highest BCUT2D eigenvalue weighted by molar-refractivity contribution is 7.90. The van der Waals surface area contributed by atoms with Crippen LogP contribution in [0.2, 0.25) is 0 Å². The maximum Gasteiger partial charge on any atom is 0.376 e. The van der Waals surface area contributed by atoms with Crippen molar-refractivity contribution in [2.45, 2.75) is 0 Å². The zero-order chi connectivity index (χ0) is 12.1. The Morgan fingerprint density at radius 1 is 1.38 bits per heavy atom. The number of thiol groups is 1. The molecule has 1 aromatic carbocycles. The molecule has 0 saturated carbocycles. The van der Waals surface area contributed by atoms with Crippen LogP contribution in [0.3, 0.4) is 0 Å². The van der Waals surface area contributed by atoms with Crippen LogP contribution in [-0.2, 0) is 9.59 Å². The summed E-state index contributed by atoms with van der Waals surface area (Å²) in [6.07, 6.45) is 0.948. The van der Waals surface area contributed by atoms with Crippen molar-refractivity contribution in [2.24, 2.45) is 0 Å². The first-order valence-corrected chi connectivity index (χ1v) is 4.82. The quantitative estimate of drug-likeness (QED) is 0.475. The number of carbonyl (C=O) groups excluding carboxylic acids is 1. The molecule has 0 spiro atoms. The van der Waals surface area contributed by atoms with Crippen LogP contribution in [0.25, 0.3) is 4.91 Å². The van der Waals surface area contributed by atoms with Gasteiger partial charge in [-0.05, 0) is 6.07 Å². The summed E-state index contributed by atoms with van der Waals surface area (Å²) >= 11 is 4.07. The van der Waals surface area contributed by atoms with Crippen LogP contribution in [0.5, 0.6) is 5.75 Å². The normalized spacial score (nSPS) is 11.0. The van der Waals surface area contributed by atoms with E-state index in [9.17, 15) is 9.59 Å². The molecule has 1 N–H and O–H groups in total. The summed E-state index contributed by atoms with van der Waals surface area (Å²) < 4.78 is 5.06. The van der Waals surface area contributed by atoms with E-state index in [1.807, 2.05) is 0 Å². The number of carbonyl (C=O) groups is 2. The Morgan fingerprint density at radius 3 is 2.56 bits per heavy atom. The van der Waals surface area contributed by atoms with E-state index >= 15 is 0 Å². The molecule has 0 radical (unpaired) electrons. The van der Waals surface area contributed by atoms with Gasteiger partial charge in [0, 0.05) is 16.5 Å². The minimum absolute atomic E-state index is 0.254. The standard InChI is InChI=1S/C11H10O4S/c1-15-9-5-3-2-4-7(9)10(16)6-8(12)11(13)14/h2-6,16H,1H3,(H,13,14)/b10-6+. The fourth-order valence-corrected chi connectivity index (χ4v) is 1.42. The maximum atomic E-state index is 11.0. The summed E-state index contributed by atoms with van der Waals surface area (Å²) in [6.45, 7) is 0. The van der Waals surface area contributed by atoms with E-state index in [1.54, 1.807) is 24.3 Å². The third-order valence-electron chi connectivity index (χ3n) is 1.86. The Morgan fingerprint density at radius 2 is 2.00 bits per heavy atom. The van der Waals surface area contributed by atoms with Crippen molar-refractivity contribution in [1.29, 1.82) is 0 Å². The van der Waals surface area contributed by atoms with Gasteiger partial charge < -0.3 is 9.84 Å². The molecule has 0 aliphatic rings. The van der Waals surface area contributed by atoms with E-state index in [-0.39, 0.29) is 4.91 Å². The van der Waals surface area contributed by atoms with Crippen molar-refractivity contribution in [3.05, 3.63) is 35.9 Å². The summed E-state index contributed by atoms with van der Waals surface area (Å²) in [4.78, 5) is 21.6. The summed E-state index contributed by atoms with van der Waals surface area (Å²) in [7, 11) is 1.49. The van der Waals surface area contributed by atoms with Crippen molar-refractivity contribution >= 4 is 29.3 Å². The molecule has 0 amide bonds. The second-order valence-corrected chi connectivity index (χ2v) is 3.38. The average Bonchev–Trinajstić information content (AvgIpc) is 2.28. The van der Waals surface area contributed by atoms with Gasteiger partial charge in [0.1, 0.15) is 5.75 Å². The molecule has 84 valence electrons. The van der Waals surface area contributed by atoms with Crippen molar-refractivity contribution in [2.75, 3.05) is 7.11 Å². The van der Waals surface area contributed by atoms with Gasteiger partial charge in [0.25, 0.3) is 5.78 Å². The Bertz CT molecular complexity index is 451. The van der Waals surface area contributed by atoms with E-state index in [0.29, 0.717) is 11.3 Å². The number of ketones is 1.